The Morgan fingerprint density at radius 1 is 1.33 bits per heavy atom. The van der Waals surface area contributed by atoms with E-state index in [-0.39, 0.29) is 23.3 Å². The summed E-state index contributed by atoms with van der Waals surface area (Å²) in [7, 11) is 0. The molecule has 3 saturated heterocycles. The van der Waals surface area contributed by atoms with E-state index in [2.05, 4.69) is 12.2 Å². The maximum Gasteiger partial charge on any atom is 0.320 e. The molecule has 1 spiro atoms. The van der Waals surface area contributed by atoms with Gasteiger partial charge in [-0.25, -0.2) is 4.79 Å². The number of carbonyl (C=O) groups excluding carboxylic acids is 2. The summed E-state index contributed by atoms with van der Waals surface area (Å²) in [6.07, 6.45) is 3.10. The number of urea groups is 1. The molecule has 1 N–H and O–H groups in total. The van der Waals surface area contributed by atoms with E-state index in [0.717, 1.165) is 45.4 Å². The lowest BCUT2D eigenvalue weighted by Gasteiger charge is -2.26. The monoisotopic (exact) mass is 251 g/mol. The average Bonchev–Trinajstić information content (AvgIpc) is 3.03. The number of nitrogens with zero attached hydrogens (tertiary/aromatic N) is 2. The summed E-state index contributed by atoms with van der Waals surface area (Å²) in [5, 5.41) is 2.92. The van der Waals surface area contributed by atoms with Crippen LogP contribution in [-0.2, 0) is 4.79 Å². The quantitative estimate of drug-likeness (QED) is 0.687. The van der Waals surface area contributed by atoms with E-state index in [9.17, 15) is 9.59 Å². The molecule has 5 nitrogen and oxygen atoms in total. The van der Waals surface area contributed by atoms with Crippen LogP contribution >= 0.6 is 0 Å². The number of carbonyl (C=O) groups is 2. The van der Waals surface area contributed by atoms with Gasteiger partial charge in [0.15, 0.2) is 0 Å². The van der Waals surface area contributed by atoms with Crippen molar-refractivity contribution in [3.05, 3.63) is 0 Å². The highest BCUT2D eigenvalue weighted by Gasteiger charge is 2.53. The minimum atomic E-state index is -0.310. The molecule has 0 aromatic carbocycles. The van der Waals surface area contributed by atoms with E-state index in [1.54, 1.807) is 0 Å². The maximum atomic E-state index is 12.4. The third kappa shape index (κ3) is 1.60. The van der Waals surface area contributed by atoms with Crippen LogP contribution in [0.1, 0.15) is 26.2 Å². The standard InChI is InChI=1S/C13H21N3O2/c1-10-8-16(12(18)15-6-2-3-7-15)9-13(10)4-5-14-11(13)17/h10H,2-9H2,1H3,(H,14,17)/t10-,13-/m1/s1. The first-order valence-corrected chi connectivity index (χ1v) is 6.96. The summed E-state index contributed by atoms with van der Waals surface area (Å²) in [6, 6.07) is 0.135. The average molecular weight is 251 g/mol. The van der Waals surface area contributed by atoms with E-state index in [0.29, 0.717) is 6.54 Å². The van der Waals surface area contributed by atoms with Gasteiger partial charge < -0.3 is 15.1 Å². The van der Waals surface area contributed by atoms with Crippen molar-refractivity contribution in [3.8, 4) is 0 Å². The van der Waals surface area contributed by atoms with E-state index < -0.39 is 0 Å². The lowest BCUT2D eigenvalue weighted by molar-refractivity contribution is -0.128. The summed E-state index contributed by atoms with van der Waals surface area (Å²) < 4.78 is 0. The zero-order chi connectivity index (χ0) is 12.8. The van der Waals surface area contributed by atoms with E-state index in [1.807, 2.05) is 9.80 Å². The first kappa shape index (κ1) is 11.8. The van der Waals surface area contributed by atoms with Crippen molar-refractivity contribution < 1.29 is 9.59 Å². The molecular weight excluding hydrogens is 230 g/mol. The van der Waals surface area contributed by atoms with Crippen LogP contribution in [0.2, 0.25) is 0 Å². The van der Waals surface area contributed by atoms with Crippen molar-refractivity contribution in [1.82, 2.24) is 15.1 Å². The normalized spacial score (nSPS) is 35.6. The van der Waals surface area contributed by atoms with Crippen LogP contribution in [0.25, 0.3) is 0 Å². The molecule has 0 saturated carbocycles. The molecule has 100 valence electrons. The highest BCUT2D eigenvalue weighted by molar-refractivity contribution is 5.87. The van der Waals surface area contributed by atoms with Gasteiger partial charge in [-0.15, -0.1) is 0 Å². The Balaban J connectivity index is 1.73. The first-order chi connectivity index (χ1) is 8.63. The van der Waals surface area contributed by atoms with Crippen molar-refractivity contribution >= 4 is 11.9 Å². The van der Waals surface area contributed by atoms with Crippen LogP contribution in [0.3, 0.4) is 0 Å². The highest BCUT2D eigenvalue weighted by atomic mass is 16.2. The Morgan fingerprint density at radius 3 is 2.67 bits per heavy atom. The van der Waals surface area contributed by atoms with Gasteiger partial charge in [0.2, 0.25) is 5.91 Å². The predicted octanol–water partition coefficient (Wildman–Crippen LogP) is 0.660. The molecule has 0 aromatic rings. The summed E-state index contributed by atoms with van der Waals surface area (Å²) in [5.41, 5.74) is -0.310. The fourth-order valence-electron chi connectivity index (χ4n) is 3.63. The zero-order valence-electron chi connectivity index (χ0n) is 10.9. The molecule has 3 amide bonds. The van der Waals surface area contributed by atoms with E-state index in [4.69, 9.17) is 0 Å². The van der Waals surface area contributed by atoms with Crippen molar-refractivity contribution in [3.63, 3.8) is 0 Å². The van der Waals surface area contributed by atoms with Gasteiger partial charge >= 0.3 is 6.03 Å². The van der Waals surface area contributed by atoms with Crippen molar-refractivity contribution in [1.29, 1.82) is 0 Å². The molecule has 3 rings (SSSR count). The van der Waals surface area contributed by atoms with Gasteiger partial charge in [-0.3, -0.25) is 4.79 Å². The second kappa shape index (κ2) is 4.14. The number of amides is 3. The molecule has 3 heterocycles. The maximum absolute atomic E-state index is 12.4. The van der Waals surface area contributed by atoms with Crippen molar-refractivity contribution in [2.45, 2.75) is 26.2 Å². The third-order valence-corrected chi connectivity index (χ3v) is 4.87. The van der Waals surface area contributed by atoms with E-state index >= 15 is 0 Å². The Morgan fingerprint density at radius 2 is 2.06 bits per heavy atom. The SMILES string of the molecule is C[C@@H]1CN(C(=O)N2CCCC2)C[C@]12CCNC2=O. The molecule has 3 aliphatic rings. The molecule has 0 aromatic heterocycles. The minimum Gasteiger partial charge on any atom is -0.356 e. The molecule has 0 radical (unpaired) electrons. The molecule has 0 unspecified atom stereocenters. The predicted molar refractivity (Wildman–Crippen MR) is 67.0 cm³/mol. The van der Waals surface area contributed by atoms with Gasteiger partial charge in [0.05, 0.1) is 5.41 Å². The first-order valence-electron chi connectivity index (χ1n) is 6.96. The fraction of sp³-hybridized carbons (Fsp3) is 0.846. The van der Waals surface area contributed by atoms with Gasteiger partial charge in [-0.1, -0.05) is 6.92 Å². The molecular formula is C13H21N3O2. The fourth-order valence-corrected chi connectivity index (χ4v) is 3.63. The van der Waals surface area contributed by atoms with Gasteiger partial charge in [0, 0.05) is 32.7 Å². The summed E-state index contributed by atoms with van der Waals surface area (Å²) in [4.78, 5) is 28.2. The Bertz CT molecular complexity index is 378. The van der Waals surface area contributed by atoms with Gasteiger partial charge in [0.1, 0.15) is 0 Å². The van der Waals surface area contributed by atoms with Crippen molar-refractivity contribution in [2.24, 2.45) is 11.3 Å². The van der Waals surface area contributed by atoms with Crippen LogP contribution in [0.4, 0.5) is 4.79 Å². The Labute approximate surface area is 107 Å². The van der Waals surface area contributed by atoms with Crippen LogP contribution in [-0.4, -0.2) is 54.5 Å². The second-order valence-electron chi connectivity index (χ2n) is 5.92. The lowest BCUT2D eigenvalue weighted by atomic mass is 9.78. The number of hydrogen-bond acceptors (Lipinski definition) is 2. The molecule has 3 fully saturated rings. The highest BCUT2D eigenvalue weighted by Crippen LogP contribution is 2.42. The van der Waals surface area contributed by atoms with Crippen LogP contribution in [0.15, 0.2) is 0 Å². The Kier molecular flexibility index (Phi) is 2.72. The number of nitrogens with one attached hydrogen (secondary N) is 1. The molecule has 0 aliphatic carbocycles. The summed E-state index contributed by atoms with van der Waals surface area (Å²) in [5.74, 6) is 0.415. The number of hydrogen-bond donors (Lipinski definition) is 1. The minimum absolute atomic E-state index is 0.135. The van der Waals surface area contributed by atoms with Gasteiger partial charge in [-0.2, -0.15) is 0 Å². The molecule has 3 aliphatic heterocycles. The molecule has 18 heavy (non-hydrogen) atoms. The summed E-state index contributed by atoms with van der Waals surface area (Å²) in [6.45, 7) is 5.95. The van der Waals surface area contributed by atoms with Crippen LogP contribution in [0, 0.1) is 11.3 Å². The van der Waals surface area contributed by atoms with Gasteiger partial charge in [-0.05, 0) is 25.2 Å². The van der Waals surface area contributed by atoms with Crippen molar-refractivity contribution in [2.75, 3.05) is 32.7 Å². The Hall–Kier alpha value is -1.26. The number of likely N-dealkylation sites (tertiary alicyclic amines) is 2. The summed E-state index contributed by atoms with van der Waals surface area (Å²) >= 11 is 0. The largest absolute Gasteiger partial charge is 0.356 e. The number of rotatable bonds is 0. The van der Waals surface area contributed by atoms with E-state index in [1.165, 1.54) is 0 Å². The smallest absolute Gasteiger partial charge is 0.320 e. The van der Waals surface area contributed by atoms with Crippen LogP contribution < -0.4 is 5.32 Å². The lowest BCUT2D eigenvalue weighted by Crippen LogP contribution is -2.43. The second-order valence-corrected chi connectivity index (χ2v) is 5.92. The third-order valence-electron chi connectivity index (χ3n) is 4.87. The molecule has 2 atom stereocenters. The zero-order valence-corrected chi connectivity index (χ0v) is 10.9. The van der Waals surface area contributed by atoms with Crippen LogP contribution in [0.5, 0.6) is 0 Å². The molecule has 0 bridgehead atoms. The topological polar surface area (TPSA) is 52.7 Å². The molecule has 5 heteroatoms. The van der Waals surface area contributed by atoms with Gasteiger partial charge in [0.25, 0.3) is 0 Å².